The molecule has 0 rings (SSSR count). The molecule has 16 heavy (non-hydrogen) atoms. The van der Waals surface area contributed by atoms with Crippen LogP contribution in [-0.4, -0.2) is 18.5 Å². The highest BCUT2D eigenvalue weighted by Gasteiger charge is 2.13. The van der Waals surface area contributed by atoms with Crippen molar-refractivity contribution in [3.05, 3.63) is 0 Å². The topological polar surface area (TPSA) is 0 Å². The Hall–Kier alpha value is 0.430. The van der Waals surface area contributed by atoms with E-state index in [1.54, 1.807) is 18.5 Å². The molecule has 0 amide bonds. The summed E-state index contributed by atoms with van der Waals surface area (Å²) < 4.78 is 0. The van der Waals surface area contributed by atoms with Gasteiger partial charge >= 0.3 is 0 Å². The van der Waals surface area contributed by atoms with Crippen molar-refractivity contribution in [3.8, 4) is 0 Å². The van der Waals surface area contributed by atoms with Gasteiger partial charge in [0.2, 0.25) is 0 Å². The van der Waals surface area contributed by atoms with Crippen LogP contribution in [0.3, 0.4) is 0 Å². The van der Waals surface area contributed by atoms with Crippen molar-refractivity contribution in [2.75, 3.05) is 18.5 Å². The van der Waals surface area contributed by atoms with E-state index in [1.165, 1.54) is 57.8 Å². The van der Waals surface area contributed by atoms with Gasteiger partial charge < -0.3 is 0 Å². The molecule has 0 unspecified atom stereocenters. The van der Waals surface area contributed by atoms with Crippen molar-refractivity contribution in [2.24, 2.45) is 0 Å². The molecule has 0 spiro atoms. The van der Waals surface area contributed by atoms with Crippen LogP contribution in [0.4, 0.5) is 0 Å². The smallest absolute Gasteiger partial charge is 0.0571 e. The molecule has 1 heteroatoms. The van der Waals surface area contributed by atoms with Crippen LogP contribution in [0.15, 0.2) is 0 Å². The molecule has 0 atom stereocenters. The molecule has 0 aliphatic rings. The van der Waals surface area contributed by atoms with Crippen LogP contribution >= 0.6 is 7.92 Å². The fourth-order valence-electron chi connectivity index (χ4n) is 2.25. The second-order valence-electron chi connectivity index (χ2n) is 5.12. The van der Waals surface area contributed by atoms with Crippen LogP contribution in [0.1, 0.15) is 78.6 Å². The van der Waals surface area contributed by atoms with Crippen molar-refractivity contribution in [1.82, 2.24) is 0 Å². The van der Waals surface area contributed by atoms with E-state index in [4.69, 9.17) is 0 Å². The van der Waals surface area contributed by atoms with E-state index < -0.39 is 0 Å². The summed E-state index contributed by atoms with van der Waals surface area (Å²) in [6, 6.07) is 0. The number of hydrogen-bond acceptors (Lipinski definition) is 0. The molecular formula is C15H34P+. The lowest BCUT2D eigenvalue weighted by atomic mass is 10.3. The van der Waals surface area contributed by atoms with Crippen molar-refractivity contribution in [3.63, 3.8) is 0 Å². The summed E-state index contributed by atoms with van der Waals surface area (Å²) in [5.41, 5.74) is 0. The van der Waals surface area contributed by atoms with Gasteiger partial charge in [0.1, 0.15) is 0 Å². The predicted molar refractivity (Wildman–Crippen MR) is 81.5 cm³/mol. The van der Waals surface area contributed by atoms with Crippen molar-refractivity contribution in [2.45, 2.75) is 78.6 Å². The van der Waals surface area contributed by atoms with Crippen LogP contribution in [0, 0.1) is 0 Å². The first-order valence-corrected chi connectivity index (χ1v) is 9.80. The molecule has 0 nitrogen and oxygen atoms in total. The van der Waals surface area contributed by atoms with Crippen LogP contribution in [0.2, 0.25) is 0 Å². The summed E-state index contributed by atoms with van der Waals surface area (Å²) >= 11 is 0. The zero-order chi connectivity index (χ0) is 12.1. The Morgan fingerprint density at radius 1 is 0.500 bits per heavy atom. The van der Waals surface area contributed by atoms with Gasteiger partial charge in [0.05, 0.1) is 18.5 Å². The summed E-state index contributed by atoms with van der Waals surface area (Å²) in [5, 5.41) is 0. The van der Waals surface area contributed by atoms with Gasteiger partial charge in [-0.3, -0.25) is 0 Å². The van der Waals surface area contributed by atoms with Crippen LogP contribution in [0.25, 0.3) is 0 Å². The fourth-order valence-corrected chi connectivity index (χ4v) is 5.25. The SMILES string of the molecule is CCCCC[PH+](CCCCC)CCCCC. The lowest BCUT2D eigenvalue weighted by Gasteiger charge is -2.10. The maximum atomic E-state index is 2.32. The standard InChI is InChI=1S/C15H33P/c1-4-7-10-13-16(14-11-8-5-2)15-12-9-6-3/h4-15H2,1-3H3/p+1. The Labute approximate surface area is 105 Å². The van der Waals surface area contributed by atoms with E-state index in [0.717, 1.165) is 0 Å². The minimum atomic E-state index is 0.0380. The molecule has 0 aromatic carbocycles. The molecule has 0 aromatic rings. The summed E-state index contributed by atoms with van der Waals surface area (Å²) in [4.78, 5) is 0. The summed E-state index contributed by atoms with van der Waals surface area (Å²) in [6.07, 6.45) is 17.9. The van der Waals surface area contributed by atoms with Crippen LogP contribution in [0.5, 0.6) is 0 Å². The van der Waals surface area contributed by atoms with E-state index in [0.29, 0.717) is 0 Å². The lowest BCUT2D eigenvalue weighted by Crippen LogP contribution is -1.96. The Kier molecular flexibility index (Phi) is 13.9. The van der Waals surface area contributed by atoms with E-state index in [9.17, 15) is 0 Å². The third-order valence-electron chi connectivity index (χ3n) is 3.40. The first-order valence-electron chi connectivity index (χ1n) is 7.68. The Morgan fingerprint density at radius 3 is 1.06 bits per heavy atom. The van der Waals surface area contributed by atoms with Crippen molar-refractivity contribution >= 4 is 7.92 Å². The highest BCUT2D eigenvalue weighted by Crippen LogP contribution is 2.39. The van der Waals surface area contributed by atoms with Gasteiger partial charge in [0, 0.05) is 7.92 Å². The highest BCUT2D eigenvalue weighted by atomic mass is 31.1. The molecular weight excluding hydrogens is 211 g/mol. The predicted octanol–water partition coefficient (Wildman–Crippen LogP) is 5.77. The molecule has 0 aliphatic carbocycles. The summed E-state index contributed by atoms with van der Waals surface area (Å²) in [5.74, 6) is 0. The molecule has 0 bridgehead atoms. The third-order valence-corrected chi connectivity index (χ3v) is 6.58. The second-order valence-corrected chi connectivity index (χ2v) is 8.12. The fraction of sp³-hybridized carbons (Fsp3) is 1.00. The molecule has 0 saturated heterocycles. The van der Waals surface area contributed by atoms with Gasteiger partial charge in [0.15, 0.2) is 0 Å². The largest absolute Gasteiger partial charge is 0.0654 e. The van der Waals surface area contributed by atoms with Gasteiger partial charge in [-0.05, 0) is 19.3 Å². The second kappa shape index (κ2) is 13.5. The quantitative estimate of drug-likeness (QED) is 0.302. The molecule has 0 aliphatic heterocycles. The number of hydrogen-bond donors (Lipinski definition) is 0. The molecule has 98 valence electrons. The van der Waals surface area contributed by atoms with E-state index in [1.807, 2.05) is 0 Å². The van der Waals surface area contributed by atoms with Crippen molar-refractivity contribution < 1.29 is 0 Å². The number of unbranched alkanes of at least 4 members (excludes halogenated alkanes) is 6. The normalized spacial score (nSPS) is 11.2. The van der Waals surface area contributed by atoms with Crippen molar-refractivity contribution in [1.29, 1.82) is 0 Å². The molecule has 0 heterocycles. The zero-order valence-corrected chi connectivity index (χ0v) is 13.0. The van der Waals surface area contributed by atoms with Gasteiger partial charge in [-0.15, -0.1) is 0 Å². The van der Waals surface area contributed by atoms with Gasteiger partial charge in [-0.2, -0.15) is 0 Å². The molecule has 0 saturated carbocycles. The zero-order valence-electron chi connectivity index (χ0n) is 12.0. The first kappa shape index (κ1) is 16.4. The Morgan fingerprint density at radius 2 is 0.812 bits per heavy atom. The maximum absolute atomic E-state index is 2.32. The Balaban J connectivity index is 3.58. The average molecular weight is 245 g/mol. The molecule has 0 N–H and O–H groups in total. The first-order chi connectivity index (χ1) is 7.85. The lowest BCUT2D eigenvalue weighted by molar-refractivity contribution is 0.749. The summed E-state index contributed by atoms with van der Waals surface area (Å²) in [6.45, 7) is 6.96. The molecule has 0 aromatic heterocycles. The average Bonchev–Trinajstić information content (AvgIpc) is 2.29. The maximum Gasteiger partial charge on any atom is 0.0571 e. The molecule has 0 fully saturated rings. The van der Waals surface area contributed by atoms with Crippen LogP contribution in [-0.2, 0) is 0 Å². The Bertz CT molecular complexity index is 98.8. The van der Waals surface area contributed by atoms with Gasteiger partial charge in [-0.1, -0.05) is 59.3 Å². The number of rotatable bonds is 12. The third kappa shape index (κ3) is 10.9. The highest BCUT2D eigenvalue weighted by molar-refractivity contribution is 7.57. The minimum Gasteiger partial charge on any atom is -0.0654 e. The van der Waals surface area contributed by atoms with E-state index in [-0.39, 0.29) is 7.92 Å². The van der Waals surface area contributed by atoms with E-state index in [2.05, 4.69) is 20.8 Å². The monoisotopic (exact) mass is 245 g/mol. The summed E-state index contributed by atoms with van der Waals surface area (Å²) in [7, 11) is 0.0380. The van der Waals surface area contributed by atoms with Gasteiger partial charge in [-0.25, -0.2) is 0 Å². The van der Waals surface area contributed by atoms with E-state index >= 15 is 0 Å². The van der Waals surface area contributed by atoms with Gasteiger partial charge in [0.25, 0.3) is 0 Å². The minimum absolute atomic E-state index is 0.0380. The van der Waals surface area contributed by atoms with Crippen LogP contribution < -0.4 is 0 Å². The molecule has 0 radical (unpaired) electrons.